The number of hydrogen-bond acceptors (Lipinski definition) is 3. The van der Waals surface area contributed by atoms with Crippen LogP contribution >= 0.6 is 0 Å². The van der Waals surface area contributed by atoms with Crippen LogP contribution in [-0.2, 0) is 14.4 Å². The van der Waals surface area contributed by atoms with Gasteiger partial charge in [-0.1, -0.05) is 33.6 Å². The first-order valence-electron chi connectivity index (χ1n) is 7.75. The second-order valence-electron chi connectivity index (χ2n) is 6.94. The van der Waals surface area contributed by atoms with E-state index in [2.05, 4.69) is 0 Å². The van der Waals surface area contributed by atoms with Crippen molar-refractivity contribution in [2.24, 2.45) is 11.3 Å². The Morgan fingerprint density at radius 3 is 2.57 bits per heavy atom. The predicted molar refractivity (Wildman–Crippen MR) is 79.8 cm³/mol. The Balaban J connectivity index is 2.29. The molecule has 1 rings (SSSR count). The quantitative estimate of drug-likeness (QED) is 0.551. The molecule has 0 aromatic heterocycles. The van der Waals surface area contributed by atoms with Crippen molar-refractivity contribution >= 4 is 18.2 Å². The molecule has 1 amide bonds. The SMILES string of the molecule is CC(C)(C)C(CCCCCN1C(=O)CCC1C=O)C(=O)O. The fourth-order valence-electron chi connectivity index (χ4n) is 2.92. The highest BCUT2D eigenvalue weighted by Gasteiger charge is 2.31. The Kier molecular flexibility index (Phi) is 6.37. The number of carboxylic acids is 1. The maximum atomic E-state index is 11.6. The van der Waals surface area contributed by atoms with Crippen molar-refractivity contribution in [1.82, 2.24) is 4.90 Å². The highest BCUT2D eigenvalue weighted by molar-refractivity contribution is 5.83. The fraction of sp³-hybridized carbons (Fsp3) is 0.812. The third-order valence-electron chi connectivity index (χ3n) is 4.27. The zero-order valence-electron chi connectivity index (χ0n) is 13.3. The van der Waals surface area contributed by atoms with E-state index >= 15 is 0 Å². The Morgan fingerprint density at radius 2 is 2.05 bits per heavy atom. The molecule has 5 nitrogen and oxygen atoms in total. The number of nitrogens with zero attached hydrogens (tertiary/aromatic N) is 1. The molecule has 2 unspecified atom stereocenters. The van der Waals surface area contributed by atoms with Crippen molar-refractivity contribution in [1.29, 1.82) is 0 Å². The van der Waals surface area contributed by atoms with Gasteiger partial charge in [0.15, 0.2) is 0 Å². The van der Waals surface area contributed by atoms with E-state index in [1.807, 2.05) is 20.8 Å². The lowest BCUT2D eigenvalue weighted by atomic mass is 9.78. The number of aliphatic carboxylic acids is 1. The minimum absolute atomic E-state index is 0.0604. The first-order chi connectivity index (χ1) is 9.77. The standard InChI is InChI=1S/C16H27NO4/c1-16(2,3)13(15(20)21)7-5-4-6-10-17-12(11-18)8-9-14(17)19/h11-13H,4-10H2,1-3H3,(H,20,21). The Labute approximate surface area is 126 Å². The molecule has 1 aliphatic rings. The molecule has 21 heavy (non-hydrogen) atoms. The molecule has 0 saturated carbocycles. The number of hydrogen-bond donors (Lipinski definition) is 1. The lowest BCUT2D eigenvalue weighted by Gasteiger charge is -2.27. The van der Waals surface area contributed by atoms with Gasteiger partial charge in [0.2, 0.25) is 5.91 Å². The molecule has 120 valence electrons. The molecule has 1 saturated heterocycles. The highest BCUT2D eigenvalue weighted by atomic mass is 16.4. The first kappa shape index (κ1) is 17.7. The average Bonchev–Trinajstić information content (AvgIpc) is 2.72. The summed E-state index contributed by atoms with van der Waals surface area (Å²) in [5.41, 5.74) is -0.237. The van der Waals surface area contributed by atoms with Crippen LogP contribution in [0, 0.1) is 11.3 Å². The number of carbonyl (C=O) groups is 3. The van der Waals surface area contributed by atoms with Crippen molar-refractivity contribution in [3.8, 4) is 0 Å². The normalized spacial score (nSPS) is 20.6. The van der Waals surface area contributed by atoms with Crippen LogP contribution in [0.3, 0.4) is 0 Å². The Morgan fingerprint density at radius 1 is 1.38 bits per heavy atom. The van der Waals surface area contributed by atoms with Crippen molar-refractivity contribution in [2.45, 2.75) is 65.3 Å². The summed E-state index contributed by atoms with van der Waals surface area (Å²) in [5.74, 6) is -1.02. The molecule has 0 radical (unpaired) electrons. The van der Waals surface area contributed by atoms with Crippen LogP contribution in [0.4, 0.5) is 0 Å². The van der Waals surface area contributed by atoms with Gasteiger partial charge in [-0.15, -0.1) is 0 Å². The molecule has 0 aliphatic carbocycles. The van der Waals surface area contributed by atoms with Crippen LogP contribution in [0.1, 0.15) is 59.3 Å². The molecule has 0 spiro atoms. The van der Waals surface area contributed by atoms with E-state index in [1.54, 1.807) is 4.90 Å². The summed E-state index contributed by atoms with van der Waals surface area (Å²) in [7, 11) is 0. The molecular formula is C16H27NO4. The molecule has 0 aromatic rings. The van der Waals surface area contributed by atoms with E-state index in [9.17, 15) is 19.5 Å². The molecule has 1 heterocycles. The fourth-order valence-corrected chi connectivity index (χ4v) is 2.92. The molecular weight excluding hydrogens is 270 g/mol. The maximum absolute atomic E-state index is 11.6. The molecule has 1 N–H and O–H groups in total. The molecule has 5 heteroatoms. The summed E-state index contributed by atoms with van der Waals surface area (Å²) < 4.78 is 0. The van der Waals surface area contributed by atoms with Gasteiger partial charge in [0.25, 0.3) is 0 Å². The summed E-state index contributed by atoms with van der Waals surface area (Å²) in [4.78, 5) is 35.4. The largest absolute Gasteiger partial charge is 0.481 e. The van der Waals surface area contributed by atoms with E-state index in [0.29, 0.717) is 25.8 Å². The summed E-state index contributed by atoms with van der Waals surface area (Å²) >= 11 is 0. The lowest BCUT2D eigenvalue weighted by Crippen LogP contribution is -2.34. The zero-order chi connectivity index (χ0) is 16.0. The monoisotopic (exact) mass is 297 g/mol. The van der Waals surface area contributed by atoms with Gasteiger partial charge >= 0.3 is 5.97 Å². The number of rotatable bonds is 8. The summed E-state index contributed by atoms with van der Waals surface area (Å²) in [6, 6.07) is -0.251. The van der Waals surface area contributed by atoms with Gasteiger partial charge in [-0.3, -0.25) is 9.59 Å². The minimum atomic E-state index is -0.738. The summed E-state index contributed by atoms with van der Waals surface area (Å²) in [5, 5.41) is 9.25. The number of carbonyl (C=O) groups excluding carboxylic acids is 2. The van der Waals surface area contributed by atoms with Crippen LogP contribution in [0.25, 0.3) is 0 Å². The van der Waals surface area contributed by atoms with Crippen LogP contribution < -0.4 is 0 Å². The third-order valence-corrected chi connectivity index (χ3v) is 4.27. The van der Waals surface area contributed by atoms with E-state index in [4.69, 9.17) is 0 Å². The maximum Gasteiger partial charge on any atom is 0.307 e. The second kappa shape index (κ2) is 7.57. The van der Waals surface area contributed by atoms with Crippen molar-refractivity contribution in [3.63, 3.8) is 0 Å². The van der Waals surface area contributed by atoms with Gasteiger partial charge < -0.3 is 14.8 Å². The van der Waals surface area contributed by atoms with E-state index < -0.39 is 5.97 Å². The number of amides is 1. The summed E-state index contributed by atoms with van der Waals surface area (Å²) in [6.07, 6.45) is 5.15. The van der Waals surface area contributed by atoms with Crippen LogP contribution in [0.5, 0.6) is 0 Å². The lowest BCUT2D eigenvalue weighted by molar-refractivity contribution is -0.145. The topological polar surface area (TPSA) is 74.7 Å². The van der Waals surface area contributed by atoms with Crippen molar-refractivity contribution in [3.05, 3.63) is 0 Å². The number of carboxylic acid groups (broad SMARTS) is 1. The van der Waals surface area contributed by atoms with E-state index in [1.165, 1.54) is 0 Å². The van der Waals surface area contributed by atoms with Crippen LogP contribution in [0.2, 0.25) is 0 Å². The van der Waals surface area contributed by atoms with Gasteiger partial charge in [0.1, 0.15) is 6.29 Å². The molecule has 2 atom stereocenters. The molecule has 0 aromatic carbocycles. The smallest absolute Gasteiger partial charge is 0.307 e. The first-order valence-corrected chi connectivity index (χ1v) is 7.75. The second-order valence-corrected chi connectivity index (χ2v) is 6.94. The Bertz CT molecular complexity index is 386. The highest BCUT2D eigenvalue weighted by Crippen LogP contribution is 2.30. The Hall–Kier alpha value is -1.39. The summed E-state index contributed by atoms with van der Waals surface area (Å²) in [6.45, 7) is 6.45. The van der Waals surface area contributed by atoms with Gasteiger partial charge in [0, 0.05) is 13.0 Å². The van der Waals surface area contributed by atoms with E-state index in [0.717, 1.165) is 25.5 Å². The van der Waals surface area contributed by atoms with Gasteiger partial charge in [-0.25, -0.2) is 0 Å². The van der Waals surface area contributed by atoms with Crippen molar-refractivity contribution in [2.75, 3.05) is 6.54 Å². The molecule has 0 bridgehead atoms. The molecule has 1 fully saturated rings. The number of aldehydes is 1. The minimum Gasteiger partial charge on any atom is -0.481 e. The van der Waals surface area contributed by atoms with Crippen LogP contribution in [0.15, 0.2) is 0 Å². The van der Waals surface area contributed by atoms with Crippen molar-refractivity contribution < 1.29 is 19.5 Å². The van der Waals surface area contributed by atoms with Gasteiger partial charge in [-0.05, 0) is 24.7 Å². The third kappa shape index (κ3) is 5.14. The molecule has 1 aliphatic heterocycles. The zero-order valence-corrected chi connectivity index (χ0v) is 13.3. The number of unbranched alkanes of at least 4 members (excludes halogenated alkanes) is 2. The van der Waals surface area contributed by atoms with E-state index in [-0.39, 0.29) is 23.3 Å². The van der Waals surface area contributed by atoms with Crippen LogP contribution in [-0.4, -0.2) is 40.8 Å². The number of likely N-dealkylation sites (tertiary alicyclic amines) is 1. The van der Waals surface area contributed by atoms with Gasteiger partial charge in [0.05, 0.1) is 12.0 Å². The average molecular weight is 297 g/mol. The predicted octanol–water partition coefficient (Wildman–Crippen LogP) is 2.48. The van der Waals surface area contributed by atoms with Gasteiger partial charge in [-0.2, -0.15) is 0 Å².